The van der Waals surface area contributed by atoms with Crippen molar-refractivity contribution in [2.45, 2.75) is 0 Å². The summed E-state index contributed by atoms with van der Waals surface area (Å²) in [7, 11) is 0. The second-order valence-electron chi connectivity index (χ2n) is 1.58. The lowest BCUT2D eigenvalue weighted by molar-refractivity contribution is 0.195. The molecule has 0 atom stereocenters. The highest BCUT2D eigenvalue weighted by molar-refractivity contribution is 5.64. The number of nitrogens with one attached hydrogen (secondary N) is 1. The first-order valence-corrected chi connectivity index (χ1v) is 2.56. The zero-order chi connectivity index (χ0) is 7.98. The first-order chi connectivity index (χ1) is 4.70. The Balaban J connectivity index is 3.56. The van der Waals surface area contributed by atoms with Gasteiger partial charge in [0.05, 0.1) is 12.9 Å². The van der Waals surface area contributed by atoms with E-state index in [1.165, 1.54) is 0 Å². The minimum absolute atomic E-state index is 0.00222. The summed E-state index contributed by atoms with van der Waals surface area (Å²) in [6.45, 7) is -0.654. The third-order valence-corrected chi connectivity index (χ3v) is 0.824. The van der Waals surface area contributed by atoms with Gasteiger partial charge in [-0.2, -0.15) is 0 Å². The summed E-state index contributed by atoms with van der Waals surface area (Å²) in [5.74, 6) is 0. The first kappa shape index (κ1) is 8.90. The first-order valence-electron chi connectivity index (χ1n) is 2.56. The van der Waals surface area contributed by atoms with Crippen LogP contribution in [0.5, 0.6) is 0 Å². The molecule has 0 bridgehead atoms. The van der Waals surface area contributed by atoms with E-state index in [0.29, 0.717) is 0 Å². The topological polar surface area (TPSA) is 69.6 Å². The molecule has 0 saturated carbocycles. The summed E-state index contributed by atoms with van der Waals surface area (Å²) in [5.41, 5.74) is 0.00222. The molecule has 3 N–H and O–H groups in total. The van der Waals surface area contributed by atoms with E-state index in [4.69, 9.17) is 10.2 Å². The molecule has 1 amide bonds. The fraction of sp³-hybridized carbons (Fsp3) is 0.400. The molecule has 0 rings (SSSR count). The van der Waals surface area contributed by atoms with Gasteiger partial charge in [-0.25, -0.2) is 9.18 Å². The lowest BCUT2D eigenvalue weighted by Gasteiger charge is -1.99. The Labute approximate surface area is 57.0 Å². The Bertz CT molecular complexity index is 146. The SMILES string of the molecule is O=C(O)NC/C(=C\F)CO. The number of hydrogen-bond donors (Lipinski definition) is 3. The second kappa shape index (κ2) is 4.75. The Morgan fingerprint density at radius 1 is 1.70 bits per heavy atom. The molecule has 0 heterocycles. The van der Waals surface area contributed by atoms with E-state index >= 15 is 0 Å². The number of carbonyl (C=O) groups is 1. The third kappa shape index (κ3) is 3.85. The summed E-state index contributed by atoms with van der Waals surface area (Å²) >= 11 is 0. The van der Waals surface area contributed by atoms with E-state index in [1.54, 1.807) is 0 Å². The number of hydrogen-bond acceptors (Lipinski definition) is 2. The molecule has 5 heteroatoms. The van der Waals surface area contributed by atoms with Gasteiger partial charge in [-0.1, -0.05) is 0 Å². The van der Waals surface area contributed by atoms with Crippen molar-refractivity contribution in [3.05, 3.63) is 11.9 Å². The van der Waals surface area contributed by atoms with Crippen LogP contribution in [0.4, 0.5) is 9.18 Å². The van der Waals surface area contributed by atoms with Gasteiger partial charge in [-0.15, -0.1) is 0 Å². The van der Waals surface area contributed by atoms with Crippen LogP contribution in [0.2, 0.25) is 0 Å². The molecule has 4 nitrogen and oxygen atoms in total. The van der Waals surface area contributed by atoms with E-state index in [-0.39, 0.29) is 18.4 Å². The second-order valence-corrected chi connectivity index (χ2v) is 1.58. The van der Waals surface area contributed by atoms with E-state index in [1.807, 2.05) is 5.32 Å². The quantitative estimate of drug-likeness (QED) is 0.533. The number of halogens is 1. The van der Waals surface area contributed by atoms with Crippen molar-refractivity contribution in [1.82, 2.24) is 5.32 Å². The number of rotatable bonds is 3. The Kier molecular flexibility index (Phi) is 4.23. The van der Waals surface area contributed by atoms with Crippen LogP contribution in [-0.2, 0) is 0 Å². The van der Waals surface area contributed by atoms with Gasteiger partial charge in [0.2, 0.25) is 0 Å². The van der Waals surface area contributed by atoms with Crippen molar-refractivity contribution < 1.29 is 19.4 Å². The molecule has 0 unspecified atom stereocenters. The van der Waals surface area contributed by atoms with Crippen LogP contribution >= 0.6 is 0 Å². The maximum atomic E-state index is 11.6. The maximum Gasteiger partial charge on any atom is 0.404 e. The van der Waals surface area contributed by atoms with Gasteiger partial charge in [0.15, 0.2) is 0 Å². The van der Waals surface area contributed by atoms with Crippen LogP contribution in [0, 0.1) is 0 Å². The summed E-state index contributed by atoms with van der Waals surface area (Å²) < 4.78 is 11.6. The lowest BCUT2D eigenvalue weighted by Crippen LogP contribution is -2.24. The van der Waals surface area contributed by atoms with Gasteiger partial charge in [-0.05, 0) is 0 Å². The zero-order valence-electron chi connectivity index (χ0n) is 5.17. The molecule has 10 heavy (non-hydrogen) atoms. The van der Waals surface area contributed by atoms with Crippen LogP contribution in [0.25, 0.3) is 0 Å². The predicted octanol–water partition coefficient (Wildman–Crippen LogP) is 0.0997. The molecule has 0 aromatic carbocycles. The van der Waals surface area contributed by atoms with Crippen molar-refractivity contribution in [3.63, 3.8) is 0 Å². The Morgan fingerprint density at radius 3 is 2.60 bits per heavy atom. The highest BCUT2D eigenvalue weighted by atomic mass is 19.1. The summed E-state index contributed by atoms with van der Waals surface area (Å²) in [5, 5.41) is 18.2. The van der Waals surface area contributed by atoms with Gasteiger partial charge in [0, 0.05) is 12.1 Å². The van der Waals surface area contributed by atoms with Gasteiger partial charge in [-0.3, -0.25) is 0 Å². The highest BCUT2D eigenvalue weighted by Gasteiger charge is 1.97. The molecule has 58 valence electrons. The van der Waals surface area contributed by atoms with Gasteiger partial charge < -0.3 is 15.5 Å². The van der Waals surface area contributed by atoms with Crippen molar-refractivity contribution in [2.75, 3.05) is 13.2 Å². The lowest BCUT2D eigenvalue weighted by atomic mass is 10.3. The summed E-state index contributed by atoms with van der Waals surface area (Å²) in [6.07, 6.45) is -1.07. The summed E-state index contributed by atoms with van der Waals surface area (Å²) in [6, 6.07) is 0. The number of amides is 1. The van der Waals surface area contributed by atoms with Crippen LogP contribution in [-0.4, -0.2) is 29.5 Å². The molecule has 0 aliphatic heterocycles. The predicted molar refractivity (Wildman–Crippen MR) is 32.3 cm³/mol. The average molecular weight is 149 g/mol. The van der Waals surface area contributed by atoms with Crippen LogP contribution < -0.4 is 5.32 Å². The minimum Gasteiger partial charge on any atom is -0.465 e. The van der Waals surface area contributed by atoms with E-state index in [2.05, 4.69) is 0 Å². The largest absolute Gasteiger partial charge is 0.465 e. The fourth-order valence-electron chi connectivity index (χ4n) is 0.318. The number of carboxylic acid groups (broad SMARTS) is 1. The fourth-order valence-corrected chi connectivity index (χ4v) is 0.318. The third-order valence-electron chi connectivity index (χ3n) is 0.824. The number of aliphatic hydroxyl groups is 1. The van der Waals surface area contributed by atoms with Gasteiger partial charge >= 0.3 is 6.09 Å². The van der Waals surface area contributed by atoms with E-state index in [0.717, 1.165) is 0 Å². The van der Waals surface area contributed by atoms with Crippen molar-refractivity contribution in [1.29, 1.82) is 0 Å². The van der Waals surface area contributed by atoms with Gasteiger partial charge in [0.1, 0.15) is 0 Å². The summed E-state index contributed by atoms with van der Waals surface area (Å²) in [4.78, 5) is 9.79. The smallest absolute Gasteiger partial charge is 0.404 e. The normalized spacial score (nSPS) is 11.2. The molecule has 0 saturated heterocycles. The molecule has 0 fully saturated rings. The van der Waals surface area contributed by atoms with Crippen LogP contribution in [0.15, 0.2) is 11.9 Å². The molecule has 0 aliphatic rings. The Hall–Kier alpha value is -1.10. The van der Waals surface area contributed by atoms with Crippen molar-refractivity contribution in [2.24, 2.45) is 0 Å². The van der Waals surface area contributed by atoms with Gasteiger partial charge in [0.25, 0.3) is 0 Å². The molecule has 0 radical (unpaired) electrons. The van der Waals surface area contributed by atoms with E-state index in [9.17, 15) is 9.18 Å². The monoisotopic (exact) mass is 149 g/mol. The number of aliphatic hydroxyl groups excluding tert-OH is 1. The molecule has 0 aromatic rings. The van der Waals surface area contributed by atoms with Crippen molar-refractivity contribution in [3.8, 4) is 0 Å². The molecular formula is C5H8FNO3. The molecule has 0 aromatic heterocycles. The standard InChI is InChI=1S/C5H8FNO3/c6-1-4(3-8)2-7-5(9)10/h1,7-8H,2-3H2,(H,9,10)/b4-1+. The zero-order valence-corrected chi connectivity index (χ0v) is 5.17. The van der Waals surface area contributed by atoms with E-state index < -0.39 is 12.7 Å². The molecule has 0 spiro atoms. The molecular weight excluding hydrogens is 141 g/mol. The van der Waals surface area contributed by atoms with Crippen molar-refractivity contribution >= 4 is 6.09 Å². The maximum absolute atomic E-state index is 11.6. The Morgan fingerprint density at radius 2 is 2.30 bits per heavy atom. The minimum atomic E-state index is -1.24. The molecule has 0 aliphatic carbocycles. The van der Waals surface area contributed by atoms with Crippen LogP contribution in [0.1, 0.15) is 0 Å². The highest BCUT2D eigenvalue weighted by Crippen LogP contribution is 1.89. The average Bonchev–Trinajstić information content (AvgIpc) is 1.90. The van der Waals surface area contributed by atoms with Crippen LogP contribution in [0.3, 0.4) is 0 Å².